The molecule has 0 spiro atoms. The lowest BCUT2D eigenvalue weighted by molar-refractivity contribution is -0.137. The van der Waals surface area contributed by atoms with Crippen molar-refractivity contribution in [1.82, 2.24) is 9.80 Å². The molecular formula is C26H32N4O4. The van der Waals surface area contributed by atoms with Crippen LogP contribution in [0.4, 0.5) is 11.4 Å². The number of anilines is 2. The number of amides is 2. The second-order valence-electron chi connectivity index (χ2n) is 8.52. The van der Waals surface area contributed by atoms with Gasteiger partial charge in [0, 0.05) is 63.4 Å². The minimum atomic E-state index is -0.342. The predicted molar refractivity (Wildman–Crippen MR) is 133 cm³/mol. The van der Waals surface area contributed by atoms with Gasteiger partial charge in [-0.25, -0.2) is 0 Å². The van der Waals surface area contributed by atoms with Crippen LogP contribution >= 0.6 is 0 Å². The first-order valence-electron chi connectivity index (χ1n) is 11.6. The summed E-state index contributed by atoms with van der Waals surface area (Å²) < 4.78 is 10.6. The van der Waals surface area contributed by atoms with Gasteiger partial charge >= 0.3 is 0 Å². The Balaban J connectivity index is 1.62. The Hall–Kier alpha value is -3.36. The molecule has 2 aromatic rings. The van der Waals surface area contributed by atoms with Crippen LogP contribution in [0.2, 0.25) is 0 Å². The molecule has 0 radical (unpaired) electrons. The highest BCUT2D eigenvalue weighted by Crippen LogP contribution is 2.35. The number of carbonyl (C=O) groups is 2. The van der Waals surface area contributed by atoms with Crippen LogP contribution in [0, 0.1) is 0 Å². The summed E-state index contributed by atoms with van der Waals surface area (Å²) in [5.41, 5.74) is 3.07. The van der Waals surface area contributed by atoms with E-state index in [-0.39, 0.29) is 24.1 Å². The van der Waals surface area contributed by atoms with E-state index < -0.39 is 0 Å². The van der Waals surface area contributed by atoms with Gasteiger partial charge in [0.15, 0.2) is 0 Å². The second kappa shape index (κ2) is 10.7. The maximum absolute atomic E-state index is 13.4. The fourth-order valence-corrected chi connectivity index (χ4v) is 4.33. The molecule has 4 rings (SSSR count). The van der Waals surface area contributed by atoms with Crippen LogP contribution < -0.4 is 15.0 Å². The van der Waals surface area contributed by atoms with E-state index in [4.69, 9.17) is 9.47 Å². The van der Waals surface area contributed by atoms with E-state index in [1.54, 1.807) is 26.4 Å². The number of hydrogen-bond donors (Lipinski definition) is 1. The molecule has 2 heterocycles. The SMILES string of the molecule is COCCCN1C(=O)C(Nc2ccc(N3CCN(C)CC3)cc2)=C(c2ccccc2OC)C1=O. The topological polar surface area (TPSA) is 74.3 Å². The van der Waals surface area contributed by atoms with Crippen molar-refractivity contribution in [3.05, 3.63) is 59.8 Å². The van der Waals surface area contributed by atoms with Crippen molar-refractivity contribution in [2.24, 2.45) is 0 Å². The summed E-state index contributed by atoms with van der Waals surface area (Å²) in [6.45, 7) is 4.79. The second-order valence-corrected chi connectivity index (χ2v) is 8.52. The first-order valence-corrected chi connectivity index (χ1v) is 11.6. The monoisotopic (exact) mass is 464 g/mol. The Morgan fingerprint density at radius 3 is 2.29 bits per heavy atom. The number of benzene rings is 2. The Kier molecular flexibility index (Phi) is 7.49. The Labute approximate surface area is 200 Å². The van der Waals surface area contributed by atoms with E-state index in [0.717, 1.165) is 37.6 Å². The van der Waals surface area contributed by atoms with Crippen LogP contribution in [-0.4, -0.2) is 82.2 Å². The summed E-state index contributed by atoms with van der Waals surface area (Å²) in [7, 11) is 5.29. The van der Waals surface area contributed by atoms with Crippen LogP contribution in [-0.2, 0) is 14.3 Å². The van der Waals surface area contributed by atoms with Gasteiger partial charge in [-0.15, -0.1) is 0 Å². The number of nitrogens with one attached hydrogen (secondary N) is 1. The van der Waals surface area contributed by atoms with Crippen LogP contribution in [0.1, 0.15) is 12.0 Å². The number of carbonyl (C=O) groups excluding carboxylic acids is 2. The molecule has 0 aromatic heterocycles. The van der Waals surface area contributed by atoms with Gasteiger partial charge in [-0.05, 0) is 43.8 Å². The van der Waals surface area contributed by atoms with Crippen molar-refractivity contribution in [2.75, 3.05) is 70.8 Å². The highest BCUT2D eigenvalue weighted by atomic mass is 16.5. The van der Waals surface area contributed by atoms with E-state index in [9.17, 15) is 9.59 Å². The molecule has 180 valence electrons. The molecule has 0 saturated carbocycles. The number of rotatable bonds is 9. The quantitative estimate of drug-likeness (QED) is 0.452. The number of piperazine rings is 1. The van der Waals surface area contributed by atoms with Gasteiger partial charge in [-0.3, -0.25) is 14.5 Å². The molecular weight excluding hydrogens is 432 g/mol. The zero-order valence-electron chi connectivity index (χ0n) is 20.0. The molecule has 0 aliphatic carbocycles. The predicted octanol–water partition coefficient (Wildman–Crippen LogP) is 2.68. The Bertz CT molecular complexity index is 1060. The molecule has 0 unspecified atom stereocenters. The lowest BCUT2D eigenvalue weighted by atomic mass is 10.0. The fourth-order valence-electron chi connectivity index (χ4n) is 4.33. The van der Waals surface area contributed by atoms with Crippen molar-refractivity contribution < 1.29 is 19.1 Å². The zero-order valence-corrected chi connectivity index (χ0v) is 20.0. The van der Waals surface area contributed by atoms with Gasteiger partial charge in [-0.2, -0.15) is 0 Å². The molecule has 34 heavy (non-hydrogen) atoms. The summed E-state index contributed by atoms with van der Waals surface area (Å²) >= 11 is 0. The standard InChI is InChI=1S/C26H32N4O4/c1-28-14-16-29(17-15-28)20-11-9-19(10-12-20)27-24-23(21-7-4-5-8-22(21)34-3)25(31)30(26(24)32)13-6-18-33-2/h4-5,7-12,27H,6,13-18H2,1-3H3. The van der Waals surface area contributed by atoms with E-state index in [0.29, 0.717) is 29.9 Å². The summed E-state index contributed by atoms with van der Waals surface area (Å²) in [4.78, 5) is 32.7. The normalized spacial score (nSPS) is 17.0. The van der Waals surface area contributed by atoms with Crippen molar-refractivity contribution in [2.45, 2.75) is 6.42 Å². The summed E-state index contributed by atoms with van der Waals surface area (Å²) in [6, 6.07) is 15.3. The summed E-state index contributed by atoms with van der Waals surface area (Å²) in [6.07, 6.45) is 0.570. The summed E-state index contributed by atoms with van der Waals surface area (Å²) in [5.74, 6) is -0.130. The number of imide groups is 1. The molecule has 0 bridgehead atoms. The number of nitrogens with zero attached hydrogens (tertiary/aromatic N) is 3. The van der Waals surface area contributed by atoms with Crippen molar-refractivity contribution in [3.63, 3.8) is 0 Å². The maximum Gasteiger partial charge on any atom is 0.278 e. The van der Waals surface area contributed by atoms with Crippen LogP contribution in [0.15, 0.2) is 54.2 Å². The molecule has 1 N–H and O–H groups in total. The van der Waals surface area contributed by atoms with E-state index >= 15 is 0 Å². The molecule has 1 fully saturated rings. The third kappa shape index (κ3) is 4.93. The first kappa shape index (κ1) is 23.8. The third-order valence-electron chi connectivity index (χ3n) is 6.28. The Morgan fingerprint density at radius 1 is 0.912 bits per heavy atom. The van der Waals surface area contributed by atoms with Crippen LogP contribution in [0.25, 0.3) is 5.57 Å². The zero-order chi connectivity index (χ0) is 24.1. The van der Waals surface area contributed by atoms with Crippen LogP contribution in [0.3, 0.4) is 0 Å². The van der Waals surface area contributed by atoms with Crippen LogP contribution in [0.5, 0.6) is 5.75 Å². The van der Waals surface area contributed by atoms with Gasteiger partial charge in [0.1, 0.15) is 11.4 Å². The van der Waals surface area contributed by atoms with Crippen molar-refractivity contribution in [1.29, 1.82) is 0 Å². The molecule has 0 atom stereocenters. The maximum atomic E-state index is 13.4. The first-order chi connectivity index (χ1) is 16.5. The lowest BCUT2D eigenvalue weighted by Crippen LogP contribution is -2.44. The molecule has 8 nitrogen and oxygen atoms in total. The minimum absolute atomic E-state index is 0.263. The van der Waals surface area contributed by atoms with E-state index in [1.807, 2.05) is 24.3 Å². The Morgan fingerprint density at radius 2 is 1.62 bits per heavy atom. The lowest BCUT2D eigenvalue weighted by Gasteiger charge is -2.34. The molecule has 1 saturated heterocycles. The van der Waals surface area contributed by atoms with Crippen molar-refractivity contribution >= 4 is 28.8 Å². The van der Waals surface area contributed by atoms with Gasteiger partial charge in [-0.1, -0.05) is 18.2 Å². The smallest absolute Gasteiger partial charge is 0.278 e. The van der Waals surface area contributed by atoms with Gasteiger partial charge in [0.05, 0.1) is 12.7 Å². The van der Waals surface area contributed by atoms with Crippen molar-refractivity contribution in [3.8, 4) is 5.75 Å². The minimum Gasteiger partial charge on any atom is -0.496 e. The number of para-hydroxylation sites is 1. The number of hydrogen-bond acceptors (Lipinski definition) is 7. The average molecular weight is 465 g/mol. The number of ether oxygens (including phenoxy) is 2. The molecule has 2 aliphatic heterocycles. The summed E-state index contributed by atoms with van der Waals surface area (Å²) in [5, 5.41) is 3.23. The van der Waals surface area contributed by atoms with Gasteiger partial charge in [0.25, 0.3) is 11.8 Å². The third-order valence-corrected chi connectivity index (χ3v) is 6.28. The number of methoxy groups -OCH3 is 2. The van der Waals surface area contributed by atoms with Gasteiger partial charge in [0.2, 0.25) is 0 Å². The average Bonchev–Trinajstić information content (AvgIpc) is 3.09. The highest BCUT2D eigenvalue weighted by molar-refractivity contribution is 6.37. The van der Waals surface area contributed by atoms with Gasteiger partial charge < -0.3 is 24.6 Å². The molecule has 2 amide bonds. The fraction of sp³-hybridized carbons (Fsp3) is 0.385. The molecule has 2 aliphatic rings. The van der Waals surface area contributed by atoms with E-state index in [1.165, 1.54) is 4.90 Å². The molecule has 8 heteroatoms. The van der Waals surface area contributed by atoms with E-state index in [2.05, 4.69) is 34.3 Å². The molecule has 2 aromatic carbocycles. The number of likely N-dealkylation sites (N-methyl/N-ethyl adjacent to an activating group) is 1. The highest BCUT2D eigenvalue weighted by Gasteiger charge is 2.39. The largest absolute Gasteiger partial charge is 0.496 e.